The van der Waals surface area contributed by atoms with E-state index < -0.39 is 6.61 Å². The quantitative estimate of drug-likeness (QED) is 0.442. The fourth-order valence-electron chi connectivity index (χ4n) is 5.13. The van der Waals surface area contributed by atoms with Gasteiger partial charge >= 0.3 is 6.61 Å². The Kier molecular flexibility index (Phi) is 7.81. The maximum Gasteiger partial charge on any atom is 0.387 e. The van der Waals surface area contributed by atoms with Crippen LogP contribution in [0, 0.1) is 0 Å². The first kappa shape index (κ1) is 25.6. The molecule has 0 bridgehead atoms. The number of anilines is 2. The van der Waals surface area contributed by atoms with Gasteiger partial charge in [-0.15, -0.1) is 0 Å². The van der Waals surface area contributed by atoms with Crippen LogP contribution in [0.3, 0.4) is 0 Å². The van der Waals surface area contributed by atoms with E-state index in [1.54, 1.807) is 11.1 Å². The van der Waals surface area contributed by atoms with Crippen molar-refractivity contribution in [3.63, 3.8) is 0 Å². The number of benzene rings is 2. The first-order valence-electron chi connectivity index (χ1n) is 12.9. The summed E-state index contributed by atoms with van der Waals surface area (Å²) in [5.41, 5.74) is 3.75. The lowest BCUT2D eigenvalue weighted by Gasteiger charge is -2.32. The molecule has 0 unspecified atom stereocenters. The Hall–Kier alpha value is -4.01. The zero-order chi connectivity index (χ0) is 26.5. The number of aromatic nitrogens is 1. The molecule has 9 heteroatoms. The minimum atomic E-state index is -2.89. The fourth-order valence-corrected chi connectivity index (χ4v) is 5.13. The van der Waals surface area contributed by atoms with Crippen molar-refractivity contribution in [3.8, 4) is 5.75 Å². The first-order valence-corrected chi connectivity index (χ1v) is 12.9. The molecule has 198 valence electrons. The lowest BCUT2D eigenvalue weighted by atomic mass is 9.89. The van der Waals surface area contributed by atoms with Crippen molar-refractivity contribution in [2.45, 2.75) is 38.2 Å². The third-order valence-corrected chi connectivity index (χ3v) is 7.20. The third-order valence-electron chi connectivity index (χ3n) is 7.20. The molecule has 2 amide bonds. The highest BCUT2D eigenvalue weighted by atomic mass is 19.3. The predicted octanol–water partition coefficient (Wildman–Crippen LogP) is 5.56. The second kappa shape index (κ2) is 11.6. The van der Waals surface area contributed by atoms with Gasteiger partial charge in [0.2, 0.25) is 0 Å². The molecule has 0 atom stereocenters. The number of alkyl halides is 2. The van der Waals surface area contributed by atoms with Gasteiger partial charge in [0.05, 0.1) is 0 Å². The second-order valence-electron chi connectivity index (χ2n) is 9.64. The lowest BCUT2D eigenvalue weighted by Crippen LogP contribution is -2.37. The predicted molar refractivity (Wildman–Crippen MR) is 141 cm³/mol. The molecule has 2 saturated heterocycles. The number of pyridine rings is 1. The van der Waals surface area contributed by atoms with Gasteiger partial charge in [0.1, 0.15) is 11.4 Å². The molecule has 38 heavy (non-hydrogen) atoms. The van der Waals surface area contributed by atoms with E-state index in [-0.39, 0.29) is 17.6 Å². The Bertz CT molecular complexity index is 1250. The van der Waals surface area contributed by atoms with Crippen molar-refractivity contribution >= 4 is 23.2 Å². The summed E-state index contributed by atoms with van der Waals surface area (Å²) in [5, 5.41) is 2.94. The molecule has 2 fully saturated rings. The monoisotopic (exact) mass is 520 g/mol. The van der Waals surface area contributed by atoms with Gasteiger partial charge < -0.3 is 19.9 Å². The van der Waals surface area contributed by atoms with Crippen molar-refractivity contribution in [1.29, 1.82) is 0 Å². The summed E-state index contributed by atoms with van der Waals surface area (Å²) in [6.07, 6.45) is 5.65. The highest BCUT2D eigenvalue weighted by Gasteiger charge is 2.25. The maximum atomic E-state index is 12.8. The molecular formula is C29H30F2N4O3. The minimum Gasteiger partial charge on any atom is -0.435 e. The molecule has 5 rings (SSSR count). The lowest BCUT2D eigenvalue weighted by molar-refractivity contribution is -0.0498. The van der Waals surface area contributed by atoms with Gasteiger partial charge in [0.15, 0.2) is 0 Å². The summed E-state index contributed by atoms with van der Waals surface area (Å²) < 4.78 is 29.0. The number of rotatable bonds is 7. The van der Waals surface area contributed by atoms with Crippen LogP contribution in [0.15, 0.2) is 66.9 Å². The number of nitrogens with zero attached hydrogens (tertiary/aromatic N) is 3. The number of hydrogen-bond acceptors (Lipinski definition) is 5. The number of hydrogen-bond donors (Lipinski definition) is 1. The van der Waals surface area contributed by atoms with Crippen LogP contribution in [-0.2, 0) is 0 Å². The fraction of sp³-hybridized carbons (Fsp3) is 0.345. The molecule has 2 aliphatic heterocycles. The number of carbonyl (C=O) groups is 2. The molecule has 0 radical (unpaired) electrons. The van der Waals surface area contributed by atoms with E-state index in [1.165, 1.54) is 37.1 Å². The van der Waals surface area contributed by atoms with E-state index >= 15 is 0 Å². The van der Waals surface area contributed by atoms with Crippen molar-refractivity contribution in [2.24, 2.45) is 0 Å². The molecule has 3 aromatic rings. The topological polar surface area (TPSA) is 74.8 Å². The number of halogens is 2. The summed E-state index contributed by atoms with van der Waals surface area (Å²) in [6, 6.07) is 17.4. The van der Waals surface area contributed by atoms with Crippen LogP contribution < -0.4 is 15.0 Å². The zero-order valence-corrected chi connectivity index (χ0v) is 21.0. The summed E-state index contributed by atoms with van der Waals surface area (Å²) in [4.78, 5) is 33.9. The van der Waals surface area contributed by atoms with Gasteiger partial charge in [-0.3, -0.25) is 14.6 Å². The van der Waals surface area contributed by atoms with Crippen LogP contribution in [-0.4, -0.2) is 54.5 Å². The van der Waals surface area contributed by atoms with Crippen LogP contribution in [0.1, 0.15) is 58.0 Å². The normalized spacial score (nSPS) is 16.1. The Morgan fingerprint density at radius 2 is 1.61 bits per heavy atom. The number of nitrogens with one attached hydrogen (secondary N) is 1. The molecule has 3 heterocycles. The Labute approximate surface area is 220 Å². The van der Waals surface area contributed by atoms with Crippen molar-refractivity contribution in [2.75, 3.05) is 36.4 Å². The van der Waals surface area contributed by atoms with E-state index in [0.717, 1.165) is 37.2 Å². The number of carbonyl (C=O) groups excluding carboxylic acids is 2. The SMILES string of the molecule is O=C(Nc1ccc(C2CCN(C(=O)c3ccc(OC(F)F)cc3)CC2)cc1)c1cc(N2CCCC2)ccn1. The van der Waals surface area contributed by atoms with Gasteiger partial charge in [-0.1, -0.05) is 12.1 Å². The van der Waals surface area contributed by atoms with E-state index in [2.05, 4.69) is 19.9 Å². The molecule has 0 spiro atoms. The van der Waals surface area contributed by atoms with Crippen LogP contribution in [0.2, 0.25) is 0 Å². The van der Waals surface area contributed by atoms with Crippen LogP contribution >= 0.6 is 0 Å². The number of amides is 2. The highest BCUT2D eigenvalue weighted by Crippen LogP contribution is 2.30. The maximum absolute atomic E-state index is 12.8. The van der Waals surface area contributed by atoms with Gasteiger partial charge in [-0.05, 0) is 85.7 Å². The largest absolute Gasteiger partial charge is 0.435 e. The Morgan fingerprint density at radius 1 is 0.921 bits per heavy atom. The smallest absolute Gasteiger partial charge is 0.387 e. The van der Waals surface area contributed by atoms with E-state index in [0.29, 0.717) is 36.0 Å². The molecule has 2 aliphatic rings. The molecule has 7 nitrogen and oxygen atoms in total. The minimum absolute atomic E-state index is 0.0294. The zero-order valence-electron chi connectivity index (χ0n) is 21.0. The summed E-state index contributed by atoms with van der Waals surface area (Å²) in [5.74, 6) is -0.0156. The standard InChI is InChI=1S/C29H30F2N4O3/c30-29(31)38-25-9-5-22(6-10-25)28(37)35-17-12-21(13-18-35)20-3-7-23(8-4-20)33-27(36)26-19-24(11-14-32-26)34-15-1-2-16-34/h3-11,14,19,21,29H,1-2,12-13,15-18H2,(H,33,36). The van der Waals surface area contributed by atoms with Gasteiger partial charge in [-0.25, -0.2) is 0 Å². The molecular weight excluding hydrogens is 490 g/mol. The van der Waals surface area contributed by atoms with Crippen LogP contribution in [0.4, 0.5) is 20.2 Å². The summed E-state index contributed by atoms with van der Waals surface area (Å²) in [7, 11) is 0. The van der Waals surface area contributed by atoms with E-state index in [4.69, 9.17) is 0 Å². The van der Waals surface area contributed by atoms with Crippen LogP contribution in [0.25, 0.3) is 0 Å². The van der Waals surface area contributed by atoms with Gasteiger partial charge in [0, 0.05) is 49.3 Å². The number of ether oxygens (including phenoxy) is 1. The molecule has 1 N–H and O–H groups in total. The van der Waals surface area contributed by atoms with E-state index in [9.17, 15) is 18.4 Å². The van der Waals surface area contributed by atoms with Gasteiger partial charge in [-0.2, -0.15) is 8.78 Å². The first-order chi connectivity index (χ1) is 18.5. The highest BCUT2D eigenvalue weighted by molar-refractivity contribution is 6.03. The summed E-state index contributed by atoms with van der Waals surface area (Å²) >= 11 is 0. The average molecular weight is 521 g/mol. The molecule has 1 aromatic heterocycles. The van der Waals surface area contributed by atoms with E-state index in [1.807, 2.05) is 36.4 Å². The van der Waals surface area contributed by atoms with Crippen molar-refractivity contribution in [3.05, 3.63) is 83.7 Å². The molecule has 0 saturated carbocycles. The molecule has 2 aromatic carbocycles. The summed E-state index contributed by atoms with van der Waals surface area (Å²) in [6.45, 7) is 0.332. The Balaban J connectivity index is 1.13. The van der Waals surface area contributed by atoms with Crippen molar-refractivity contribution in [1.82, 2.24) is 9.88 Å². The number of piperidine rings is 1. The Morgan fingerprint density at radius 3 is 2.26 bits per heavy atom. The average Bonchev–Trinajstić information content (AvgIpc) is 3.49. The second-order valence-corrected chi connectivity index (χ2v) is 9.64. The van der Waals surface area contributed by atoms with Crippen molar-refractivity contribution < 1.29 is 23.1 Å². The van der Waals surface area contributed by atoms with Crippen LogP contribution in [0.5, 0.6) is 5.75 Å². The number of likely N-dealkylation sites (tertiary alicyclic amines) is 1. The third kappa shape index (κ3) is 6.10. The van der Waals surface area contributed by atoms with Gasteiger partial charge in [0.25, 0.3) is 11.8 Å². The molecule has 0 aliphatic carbocycles.